The fourth-order valence-electron chi connectivity index (χ4n) is 10.7. The van der Waals surface area contributed by atoms with Crippen LogP contribution < -0.4 is 48.3 Å². The Morgan fingerprint density at radius 3 is 1.98 bits per heavy atom. The molecule has 1 fully saturated rings. The number of hydrogen-bond donors (Lipinski definition) is 10. The average Bonchev–Trinajstić information content (AvgIpc) is 2.52. The lowest BCUT2D eigenvalue weighted by Gasteiger charge is -2.27. The van der Waals surface area contributed by atoms with Gasteiger partial charge in [-0.3, -0.25) is 47.9 Å². The predicted octanol–water partition coefficient (Wildman–Crippen LogP) is 1.53. The summed E-state index contributed by atoms with van der Waals surface area (Å²) >= 11 is 0. The van der Waals surface area contributed by atoms with E-state index < -0.39 is 150 Å². The molecular formula is C62H71F3N14O10. The molecule has 0 saturated carbocycles. The van der Waals surface area contributed by atoms with Gasteiger partial charge in [0.25, 0.3) is 5.91 Å². The van der Waals surface area contributed by atoms with Crippen molar-refractivity contribution < 1.29 is 61.1 Å². The van der Waals surface area contributed by atoms with Crippen molar-refractivity contribution in [2.24, 2.45) is 23.5 Å². The fraction of sp³-hybridized carbons (Fsp3) is 0.387. The molecule has 0 radical (unpaired) electrons. The number of hydrogen-bond acceptors (Lipinski definition) is 12. The van der Waals surface area contributed by atoms with E-state index in [0.29, 0.717) is 11.1 Å². The molecule has 11 N–H and O–H groups in total. The number of carbonyl (C=O) groups excluding carboxylic acids is 10. The van der Waals surface area contributed by atoms with Gasteiger partial charge in [-0.05, 0) is 59.2 Å². The van der Waals surface area contributed by atoms with Gasteiger partial charge in [-0.15, -0.1) is 5.10 Å². The molecule has 1 saturated heterocycles. The Hall–Kier alpha value is -9.95. The molecule has 0 unspecified atom stereocenters. The highest BCUT2D eigenvalue weighted by molar-refractivity contribution is 6.00. The second-order valence-electron chi connectivity index (χ2n) is 22.9. The summed E-state index contributed by atoms with van der Waals surface area (Å²) in [6, 6.07) is 18.6. The van der Waals surface area contributed by atoms with Crippen LogP contribution >= 0.6 is 0 Å². The van der Waals surface area contributed by atoms with Crippen molar-refractivity contribution in [1.82, 2.24) is 67.4 Å². The Kier molecular flexibility index (Phi) is 21.3. The third kappa shape index (κ3) is 17.4. The van der Waals surface area contributed by atoms with Gasteiger partial charge in [-0.25, -0.2) is 4.68 Å². The quantitative estimate of drug-likeness (QED) is 0.0934. The number of rotatable bonds is 10. The smallest absolute Gasteiger partial charge is 0.368 e. The van der Waals surface area contributed by atoms with Crippen molar-refractivity contribution in [1.29, 1.82) is 0 Å². The van der Waals surface area contributed by atoms with E-state index in [-0.39, 0.29) is 55.6 Å². The maximum absolute atomic E-state index is 14.7. The summed E-state index contributed by atoms with van der Waals surface area (Å²) in [6.07, 6.45) is -3.02. The van der Waals surface area contributed by atoms with Crippen LogP contribution in [0, 0.1) is 17.8 Å². The highest BCUT2D eigenvalue weighted by Crippen LogP contribution is 2.30. The summed E-state index contributed by atoms with van der Waals surface area (Å²) in [5.74, 6) is -10.2. The number of nitrogens with two attached hydrogens (primary N) is 1. The van der Waals surface area contributed by atoms with Crippen LogP contribution in [-0.2, 0) is 81.6 Å². The molecule has 4 heterocycles. The molecule has 89 heavy (non-hydrogen) atoms. The van der Waals surface area contributed by atoms with E-state index in [9.17, 15) is 61.1 Å². The predicted molar refractivity (Wildman–Crippen MR) is 317 cm³/mol. The SMILES string of the molecule is CC(C)[C@@H]1NC(=O)Cn2cc(nn2)C[C@H](C(N)=O)NC(=O)[C@@H]2C[C@@H](CN2C(=O)c2ccccc2)NC(=O)[C@H](Cc2cccc(C(F)(F)F)c2)NC(=O)[C@@H](C(C)C)CNC(=O)CNC(=O)[C@H](Cc2ccccc2)NC(=O)[C@H](Cc2c[nH]c3ccccc23)NC1=O. The number of H-pyrrole nitrogens is 1. The number of nitrogens with one attached hydrogen (secondary N) is 9. The molecule has 6 aromatic rings. The van der Waals surface area contributed by atoms with Crippen LogP contribution in [0.1, 0.15) is 72.4 Å². The van der Waals surface area contributed by atoms with Gasteiger partial charge in [-0.1, -0.05) is 118 Å². The maximum Gasteiger partial charge on any atom is 0.416 e. The summed E-state index contributed by atoms with van der Waals surface area (Å²) < 4.78 is 43.2. The van der Waals surface area contributed by atoms with E-state index in [1.54, 1.807) is 88.5 Å². The molecule has 10 amide bonds. The van der Waals surface area contributed by atoms with Crippen LogP contribution in [0.4, 0.5) is 13.2 Å². The van der Waals surface area contributed by atoms with Gasteiger partial charge in [-0.2, -0.15) is 13.2 Å². The molecule has 4 aromatic carbocycles. The summed E-state index contributed by atoms with van der Waals surface area (Å²) in [5, 5.41) is 30.4. The topological polar surface area (TPSA) is 343 Å². The number of nitrogens with zero attached hydrogens (tertiary/aromatic N) is 4. The fourth-order valence-corrected chi connectivity index (χ4v) is 10.7. The van der Waals surface area contributed by atoms with Gasteiger partial charge >= 0.3 is 6.18 Å². The zero-order chi connectivity index (χ0) is 64.1. The first kappa shape index (κ1) is 65.0. The zero-order valence-corrected chi connectivity index (χ0v) is 49.3. The van der Waals surface area contributed by atoms with E-state index in [1.165, 1.54) is 29.3 Å². The normalized spacial score (nSPS) is 22.7. The number of alkyl halides is 3. The van der Waals surface area contributed by atoms with Crippen LogP contribution in [0.15, 0.2) is 122 Å². The van der Waals surface area contributed by atoms with Crippen molar-refractivity contribution >= 4 is 70.0 Å². The van der Waals surface area contributed by atoms with Crippen molar-refractivity contribution in [2.75, 3.05) is 19.6 Å². The van der Waals surface area contributed by atoms with Gasteiger partial charge in [0.05, 0.1) is 23.7 Å². The van der Waals surface area contributed by atoms with Crippen molar-refractivity contribution in [3.05, 3.63) is 155 Å². The summed E-state index contributed by atoms with van der Waals surface area (Å²) in [6.45, 7) is 4.88. The lowest BCUT2D eigenvalue weighted by atomic mass is 9.93. The molecule has 24 nitrogen and oxygen atoms in total. The van der Waals surface area contributed by atoms with Crippen molar-refractivity contribution in [2.45, 2.75) is 115 Å². The third-order valence-electron chi connectivity index (χ3n) is 15.5. The largest absolute Gasteiger partial charge is 0.416 e. The Bertz CT molecular complexity index is 3560. The number of aromatic amines is 1. The maximum atomic E-state index is 14.7. The van der Waals surface area contributed by atoms with Gasteiger partial charge < -0.3 is 58.2 Å². The van der Waals surface area contributed by atoms with Crippen molar-refractivity contribution in [3.8, 4) is 0 Å². The number of halogens is 3. The summed E-state index contributed by atoms with van der Waals surface area (Å²) in [4.78, 5) is 146. The van der Waals surface area contributed by atoms with Gasteiger partial charge in [0.15, 0.2) is 0 Å². The molecule has 27 heteroatoms. The molecule has 2 aromatic heterocycles. The second-order valence-corrected chi connectivity index (χ2v) is 22.9. The number of aromatic nitrogens is 4. The van der Waals surface area contributed by atoms with E-state index in [1.807, 2.05) is 18.2 Å². The lowest BCUT2D eigenvalue weighted by Crippen LogP contribution is -2.59. The van der Waals surface area contributed by atoms with Crippen LogP contribution in [0.2, 0.25) is 0 Å². The molecule has 2 aliphatic rings. The molecule has 0 aliphatic carbocycles. The lowest BCUT2D eigenvalue weighted by molar-refractivity contribution is -0.137. The number of amides is 10. The van der Waals surface area contributed by atoms with Crippen LogP contribution in [0.5, 0.6) is 0 Å². The van der Waals surface area contributed by atoms with Crippen LogP contribution in [-0.4, -0.2) is 146 Å². The molecule has 470 valence electrons. The Balaban J connectivity index is 1.12. The number of para-hydroxylation sites is 1. The number of fused-ring (bicyclic) bond motifs is 5. The monoisotopic (exact) mass is 1230 g/mol. The van der Waals surface area contributed by atoms with Gasteiger partial charge in [0, 0.05) is 73.7 Å². The molecule has 0 spiro atoms. The van der Waals surface area contributed by atoms with Crippen LogP contribution in [0.3, 0.4) is 0 Å². The Labute approximate surface area is 509 Å². The molecule has 8 rings (SSSR count). The first-order valence-electron chi connectivity index (χ1n) is 29.1. The van der Waals surface area contributed by atoms with E-state index in [2.05, 4.69) is 57.8 Å². The first-order chi connectivity index (χ1) is 42.4. The average molecular weight is 1230 g/mol. The van der Waals surface area contributed by atoms with Gasteiger partial charge in [0.1, 0.15) is 42.8 Å². The Morgan fingerprint density at radius 2 is 1.28 bits per heavy atom. The highest BCUT2D eigenvalue weighted by Gasteiger charge is 2.43. The minimum absolute atomic E-state index is 0.00932. The first-order valence-corrected chi connectivity index (χ1v) is 29.1. The highest BCUT2D eigenvalue weighted by atomic mass is 19.4. The van der Waals surface area contributed by atoms with Crippen LogP contribution in [0.25, 0.3) is 10.9 Å². The van der Waals surface area contributed by atoms with E-state index in [0.717, 1.165) is 33.8 Å². The van der Waals surface area contributed by atoms with Crippen molar-refractivity contribution in [3.63, 3.8) is 0 Å². The number of primary amides is 1. The standard InChI is InChI=1S/C62H71F3N14O10/c1-34(2)44-29-68-51(80)30-69-56(84)47(23-36-14-7-5-8-15-36)73-58(86)49(25-39-28-67-45-21-12-11-20-43(39)45)74-60(88)53(35(3)4)75-52(81)33-78-31-42(76-77-78)26-46(54(66)82)71-59(87)50-27-41(32-79(50)61(89)38-17-9-6-10-18-38)70-57(85)48(72-55(44)83)24-37-16-13-19-40(22-37)62(63,64)65/h5-22,28,31,34-35,41,44,46-50,53,67H,23-27,29-30,32-33H2,1-4H3,(H2,66,82)(H,68,80)(H,69,84)(H,70,85)(H,71,87)(H,72,83)(H,73,86)(H,74,88)(H,75,81)/t41-,44+,46+,47-,48-,49-,50-,53-/m0/s1. The summed E-state index contributed by atoms with van der Waals surface area (Å²) in [5.41, 5.74) is 7.06. The minimum Gasteiger partial charge on any atom is -0.368 e. The minimum atomic E-state index is -4.77. The molecule has 8 atom stereocenters. The number of benzene rings is 4. The second kappa shape index (κ2) is 29.2. The summed E-state index contributed by atoms with van der Waals surface area (Å²) in [7, 11) is 0. The number of carbonyl (C=O) groups is 10. The van der Waals surface area contributed by atoms with E-state index >= 15 is 0 Å². The third-order valence-corrected chi connectivity index (χ3v) is 15.5. The molecule has 4 bridgehead atoms. The molecule has 2 aliphatic heterocycles. The van der Waals surface area contributed by atoms with Gasteiger partial charge in [0.2, 0.25) is 53.2 Å². The number of likely N-dealkylation sites (tertiary alicyclic amines) is 1. The van der Waals surface area contributed by atoms with E-state index in [4.69, 9.17) is 5.73 Å². The zero-order valence-electron chi connectivity index (χ0n) is 49.3. The molecular weight excluding hydrogens is 1160 g/mol. The Morgan fingerprint density at radius 1 is 0.652 bits per heavy atom.